The molecule has 1 saturated heterocycles. The van der Waals surface area contributed by atoms with Gasteiger partial charge in [-0.15, -0.1) is 0 Å². The van der Waals surface area contributed by atoms with Gasteiger partial charge in [0.2, 0.25) is 15.9 Å². The molecule has 1 fully saturated rings. The minimum Gasteiger partial charge on any atom is -0.496 e. The molecule has 2 aromatic rings. The maximum Gasteiger partial charge on any atom is 0.243 e. The lowest BCUT2D eigenvalue weighted by Gasteiger charge is -2.31. The SMILES string of the molecule is COc1ccc(S(=O)(=O)N2CCC(C(=O)N[C@@H](C)c3ccccc3OC)CC2)cc1C. The number of aryl methyl sites for hydroxylation is 1. The molecule has 0 aliphatic carbocycles. The van der Waals surface area contributed by atoms with Crippen LogP contribution in [-0.2, 0) is 14.8 Å². The van der Waals surface area contributed by atoms with Crippen LogP contribution in [0.3, 0.4) is 0 Å². The number of rotatable bonds is 7. The Morgan fingerprint density at radius 3 is 2.32 bits per heavy atom. The van der Waals surface area contributed by atoms with Crippen molar-refractivity contribution in [2.45, 2.75) is 37.6 Å². The van der Waals surface area contributed by atoms with Crippen LogP contribution in [0.4, 0.5) is 0 Å². The van der Waals surface area contributed by atoms with Crippen LogP contribution in [0, 0.1) is 12.8 Å². The lowest BCUT2D eigenvalue weighted by atomic mass is 9.96. The first-order valence-electron chi connectivity index (χ1n) is 10.4. The number of nitrogens with zero attached hydrogens (tertiary/aromatic N) is 1. The number of carbonyl (C=O) groups excluding carboxylic acids is 1. The first-order valence-corrected chi connectivity index (χ1v) is 11.8. The second-order valence-electron chi connectivity index (χ2n) is 7.78. The molecule has 1 amide bonds. The van der Waals surface area contributed by atoms with Gasteiger partial charge in [-0.2, -0.15) is 4.31 Å². The van der Waals surface area contributed by atoms with Crippen LogP contribution in [0.15, 0.2) is 47.4 Å². The molecule has 1 aliphatic heterocycles. The zero-order chi connectivity index (χ0) is 22.6. The Morgan fingerprint density at radius 1 is 1.06 bits per heavy atom. The monoisotopic (exact) mass is 446 g/mol. The second kappa shape index (κ2) is 9.70. The summed E-state index contributed by atoms with van der Waals surface area (Å²) in [6, 6.07) is 12.2. The molecule has 0 aromatic heterocycles. The number of amides is 1. The maximum atomic E-state index is 13.0. The molecule has 0 unspecified atom stereocenters. The summed E-state index contributed by atoms with van der Waals surface area (Å²) in [5.74, 6) is 1.10. The van der Waals surface area contributed by atoms with Gasteiger partial charge in [0.05, 0.1) is 25.2 Å². The molecule has 8 heteroatoms. The van der Waals surface area contributed by atoms with E-state index in [0.717, 1.165) is 16.9 Å². The molecule has 168 valence electrons. The van der Waals surface area contributed by atoms with Crippen molar-refractivity contribution in [1.82, 2.24) is 9.62 Å². The smallest absolute Gasteiger partial charge is 0.243 e. The highest BCUT2D eigenvalue weighted by Crippen LogP contribution is 2.29. The number of hydrogen-bond donors (Lipinski definition) is 1. The Morgan fingerprint density at radius 2 is 1.71 bits per heavy atom. The Kier molecular flexibility index (Phi) is 7.23. The van der Waals surface area contributed by atoms with E-state index in [4.69, 9.17) is 9.47 Å². The summed E-state index contributed by atoms with van der Waals surface area (Å²) in [4.78, 5) is 13.0. The van der Waals surface area contributed by atoms with Crippen molar-refractivity contribution in [1.29, 1.82) is 0 Å². The van der Waals surface area contributed by atoms with Crippen molar-refractivity contribution >= 4 is 15.9 Å². The summed E-state index contributed by atoms with van der Waals surface area (Å²) in [7, 11) is -0.443. The summed E-state index contributed by atoms with van der Waals surface area (Å²) >= 11 is 0. The molecule has 3 rings (SSSR count). The highest BCUT2D eigenvalue weighted by atomic mass is 32.2. The van der Waals surface area contributed by atoms with Crippen molar-refractivity contribution in [3.8, 4) is 11.5 Å². The van der Waals surface area contributed by atoms with E-state index in [1.807, 2.05) is 38.1 Å². The molecule has 7 nitrogen and oxygen atoms in total. The topological polar surface area (TPSA) is 84.9 Å². The van der Waals surface area contributed by atoms with E-state index in [1.165, 1.54) is 4.31 Å². The molecule has 1 atom stereocenters. The standard InChI is InChI=1S/C23H30N2O5S/c1-16-15-19(9-10-21(16)29-3)31(27,28)25-13-11-18(12-14-25)23(26)24-17(2)20-7-5-6-8-22(20)30-4/h5-10,15,17-18H,11-14H2,1-4H3,(H,24,26)/t17-/m0/s1. The van der Waals surface area contributed by atoms with E-state index < -0.39 is 10.0 Å². The van der Waals surface area contributed by atoms with Gasteiger partial charge in [-0.25, -0.2) is 8.42 Å². The van der Waals surface area contributed by atoms with E-state index >= 15 is 0 Å². The largest absolute Gasteiger partial charge is 0.496 e. The van der Waals surface area contributed by atoms with Gasteiger partial charge < -0.3 is 14.8 Å². The minimum atomic E-state index is -3.60. The minimum absolute atomic E-state index is 0.0595. The molecule has 2 aromatic carbocycles. The third-order valence-corrected chi connectivity index (χ3v) is 7.69. The number of hydrogen-bond acceptors (Lipinski definition) is 5. The lowest BCUT2D eigenvalue weighted by molar-refractivity contribution is -0.126. The second-order valence-corrected chi connectivity index (χ2v) is 9.72. The first kappa shape index (κ1) is 23.1. The molecular weight excluding hydrogens is 416 g/mol. The van der Waals surface area contributed by atoms with Crippen LogP contribution >= 0.6 is 0 Å². The fourth-order valence-corrected chi connectivity index (χ4v) is 5.51. The highest BCUT2D eigenvalue weighted by Gasteiger charge is 2.33. The molecule has 0 saturated carbocycles. The third-order valence-electron chi connectivity index (χ3n) is 5.79. The Bertz CT molecular complexity index is 1030. The Balaban J connectivity index is 1.62. The quantitative estimate of drug-likeness (QED) is 0.706. The molecule has 0 bridgehead atoms. The van der Waals surface area contributed by atoms with Gasteiger partial charge >= 0.3 is 0 Å². The summed E-state index contributed by atoms with van der Waals surface area (Å²) in [6.45, 7) is 4.36. The molecule has 1 N–H and O–H groups in total. The Hall–Kier alpha value is -2.58. The first-order chi connectivity index (χ1) is 14.8. The van der Waals surface area contributed by atoms with E-state index in [9.17, 15) is 13.2 Å². The van der Waals surface area contributed by atoms with Gasteiger partial charge in [-0.3, -0.25) is 4.79 Å². The van der Waals surface area contributed by atoms with Crippen LogP contribution in [-0.4, -0.2) is 45.9 Å². The number of sulfonamides is 1. The molecule has 1 aliphatic rings. The third kappa shape index (κ3) is 5.02. The number of methoxy groups -OCH3 is 2. The van der Waals surface area contributed by atoms with Crippen molar-refractivity contribution in [3.63, 3.8) is 0 Å². The zero-order valence-corrected chi connectivity index (χ0v) is 19.2. The van der Waals surface area contributed by atoms with Crippen molar-refractivity contribution in [3.05, 3.63) is 53.6 Å². The normalized spacial score (nSPS) is 16.5. The van der Waals surface area contributed by atoms with Crippen molar-refractivity contribution < 1.29 is 22.7 Å². The predicted molar refractivity (Wildman–Crippen MR) is 119 cm³/mol. The number of piperidine rings is 1. The van der Waals surface area contributed by atoms with Crippen molar-refractivity contribution in [2.75, 3.05) is 27.3 Å². The number of ether oxygens (including phenoxy) is 2. The Labute approximate surface area is 184 Å². The highest BCUT2D eigenvalue weighted by molar-refractivity contribution is 7.89. The number of benzene rings is 2. The van der Waals surface area contributed by atoms with Crippen LogP contribution < -0.4 is 14.8 Å². The average Bonchev–Trinajstić information content (AvgIpc) is 2.78. The van der Waals surface area contributed by atoms with Gasteiger partial charge in [0.25, 0.3) is 0 Å². The molecule has 31 heavy (non-hydrogen) atoms. The maximum absolute atomic E-state index is 13.0. The van der Waals surface area contributed by atoms with E-state index in [1.54, 1.807) is 32.4 Å². The van der Waals surface area contributed by atoms with Gasteiger partial charge in [0.1, 0.15) is 11.5 Å². The van der Waals surface area contributed by atoms with E-state index in [0.29, 0.717) is 31.7 Å². The molecule has 0 radical (unpaired) electrons. The summed E-state index contributed by atoms with van der Waals surface area (Å²) < 4.78 is 38.1. The van der Waals surface area contributed by atoms with Gasteiger partial charge in [-0.05, 0) is 56.5 Å². The molecule has 0 spiro atoms. The van der Waals surface area contributed by atoms with Crippen LogP contribution in [0.25, 0.3) is 0 Å². The lowest BCUT2D eigenvalue weighted by Crippen LogP contribution is -2.43. The van der Waals surface area contributed by atoms with Gasteiger partial charge in [-0.1, -0.05) is 18.2 Å². The van der Waals surface area contributed by atoms with Crippen LogP contribution in [0.2, 0.25) is 0 Å². The molecular formula is C23H30N2O5S. The molecule has 1 heterocycles. The number of nitrogens with one attached hydrogen (secondary N) is 1. The van der Waals surface area contributed by atoms with Crippen molar-refractivity contribution in [2.24, 2.45) is 5.92 Å². The predicted octanol–water partition coefficient (Wildman–Crippen LogP) is 3.29. The zero-order valence-electron chi connectivity index (χ0n) is 18.4. The van der Waals surface area contributed by atoms with Gasteiger partial charge in [0, 0.05) is 24.6 Å². The average molecular weight is 447 g/mol. The number of carbonyl (C=O) groups is 1. The van der Waals surface area contributed by atoms with Gasteiger partial charge in [0.15, 0.2) is 0 Å². The van der Waals surface area contributed by atoms with Crippen LogP contribution in [0.5, 0.6) is 11.5 Å². The number of para-hydroxylation sites is 1. The van der Waals surface area contributed by atoms with E-state index in [2.05, 4.69) is 5.32 Å². The fraction of sp³-hybridized carbons (Fsp3) is 0.435. The summed E-state index contributed by atoms with van der Waals surface area (Å²) in [5, 5.41) is 3.05. The summed E-state index contributed by atoms with van der Waals surface area (Å²) in [6.07, 6.45) is 0.970. The fourth-order valence-electron chi connectivity index (χ4n) is 3.95. The summed E-state index contributed by atoms with van der Waals surface area (Å²) in [5.41, 5.74) is 1.68. The van der Waals surface area contributed by atoms with Crippen LogP contribution in [0.1, 0.15) is 36.9 Å². The van der Waals surface area contributed by atoms with E-state index in [-0.39, 0.29) is 22.8 Å².